The fraction of sp³-hybridized carbons (Fsp3) is 0.800. The Morgan fingerprint density at radius 3 is 2.42 bits per heavy atom. The van der Waals surface area contributed by atoms with Crippen molar-refractivity contribution in [3.05, 3.63) is 17.5 Å². The summed E-state index contributed by atoms with van der Waals surface area (Å²) >= 11 is 0. The second kappa shape index (κ2) is 7.06. The van der Waals surface area contributed by atoms with Gasteiger partial charge in [0.05, 0.1) is 11.3 Å². The maximum atomic E-state index is 5.85. The van der Waals surface area contributed by atoms with Gasteiger partial charge in [0.15, 0.2) is 0 Å². The highest BCUT2D eigenvalue weighted by atomic mass is 16.5. The Bertz CT molecular complexity index is 374. The standard InChI is InChI=1S/C15H29N3O/c1-7-15(8-2,19-6)14(16-5)11-13-10-12(4)17-18(13)9-3/h10,14,16H,7-9,11H2,1-6H3. The van der Waals surface area contributed by atoms with Gasteiger partial charge >= 0.3 is 0 Å². The molecule has 0 saturated carbocycles. The molecule has 0 fully saturated rings. The van der Waals surface area contributed by atoms with Crippen LogP contribution in [-0.4, -0.2) is 35.6 Å². The first-order valence-electron chi connectivity index (χ1n) is 7.32. The summed E-state index contributed by atoms with van der Waals surface area (Å²) in [4.78, 5) is 0. The van der Waals surface area contributed by atoms with Crippen LogP contribution in [0.15, 0.2) is 6.07 Å². The van der Waals surface area contributed by atoms with Crippen LogP contribution in [0.5, 0.6) is 0 Å². The van der Waals surface area contributed by atoms with Gasteiger partial charge in [0.1, 0.15) is 0 Å². The fourth-order valence-electron chi connectivity index (χ4n) is 2.97. The van der Waals surface area contributed by atoms with E-state index in [0.29, 0.717) is 6.04 Å². The molecule has 0 aliphatic carbocycles. The van der Waals surface area contributed by atoms with Gasteiger partial charge in [0.2, 0.25) is 0 Å². The molecule has 1 aromatic heterocycles. The van der Waals surface area contributed by atoms with Crippen LogP contribution in [0, 0.1) is 6.92 Å². The van der Waals surface area contributed by atoms with Crippen LogP contribution >= 0.6 is 0 Å². The summed E-state index contributed by atoms with van der Waals surface area (Å²) in [6.07, 6.45) is 2.95. The van der Waals surface area contributed by atoms with Gasteiger partial charge in [-0.25, -0.2) is 0 Å². The van der Waals surface area contributed by atoms with Crippen LogP contribution in [0.4, 0.5) is 0 Å². The Labute approximate surface area is 117 Å². The molecule has 1 atom stereocenters. The molecule has 1 rings (SSSR count). The molecule has 0 radical (unpaired) electrons. The summed E-state index contributed by atoms with van der Waals surface area (Å²) < 4.78 is 7.94. The average molecular weight is 267 g/mol. The summed E-state index contributed by atoms with van der Waals surface area (Å²) in [7, 11) is 3.84. The van der Waals surface area contributed by atoms with Crippen molar-refractivity contribution in [3.8, 4) is 0 Å². The number of rotatable bonds is 8. The first-order chi connectivity index (χ1) is 9.06. The van der Waals surface area contributed by atoms with Crippen molar-refractivity contribution in [2.75, 3.05) is 14.2 Å². The van der Waals surface area contributed by atoms with E-state index in [9.17, 15) is 0 Å². The van der Waals surface area contributed by atoms with Crippen molar-refractivity contribution >= 4 is 0 Å². The van der Waals surface area contributed by atoms with Crippen molar-refractivity contribution < 1.29 is 4.74 Å². The van der Waals surface area contributed by atoms with Gasteiger partial charge in [-0.3, -0.25) is 4.68 Å². The zero-order chi connectivity index (χ0) is 14.5. The highest BCUT2D eigenvalue weighted by Crippen LogP contribution is 2.26. The van der Waals surface area contributed by atoms with Crippen LogP contribution in [0.2, 0.25) is 0 Å². The van der Waals surface area contributed by atoms with Gasteiger partial charge in [-0.1, -0.05) is 13.8 Å². The molecule has 1 N–H and O–H groups in total. The van der Waals surface area contributed by atoms with Gasteiger partial charge in [-0.05, 0) is 39.8 Å². The van der Waals surface area contributed by atoms with Gasteiger partial charge in [0.25, 0.3) is 0 Å². The van der Waals surface area contributed by atoms with Crippen molar-refractivity contribution in [2.45, 2.75) is 65.1 Å². The van der Waals surface area contributed by atoms with Gasteiger partial charge < -0.3 is 10.1 Å². The van der Waals surface area contributed by atoms with Crippen LogP contribution in [0.25, 0.3) is 0 Å². The number of aryl methyl sites for hydroxylation is 2. The number of nitrogens with one attached hydrogen (secondary N) is 1. The van der Waals surface area contributed by atoms with E-state index in [1.807, 2.05) is 21.1 Å². The highest BCUT2D eigenvalue weighted by Gasteiger charge is 2.35. The van der Waals surface area contributed by atoms with Crippen LogP contribution < -0.4 is 5.32 Å². The fourth-order valence-corrected chi connectivity index (χ4v) is 2.97. The van der Waals surface area contributed by atoms with Crippen molar-refractivity contribution in [1.82, 2.24) is 15.1 Å². The third-order valence-electron chi connectivity index (χ3n) is 4.29. The van der Waals surface area contributed by atoms with Gasteiger partial charge in [-0.15, -0.1) is 0 Å². The van der Waals surface area contributed by atoms with E-state index in [-0.39, 0.29) is 5.60 Å². The van der Waals surface area contributed by atoms with E-state index >= 15 is 0 Å². The smallest absolute Gasteiger partial charge is 0.0829 e. The van der Waals surface area contributed by atoms with Crippen LogP contribution in [-0.2, 0) is 17.7 Å². The molecule has 0 aliphatic heterocycles. The van der Waals surface area contributed by atoms with Crippen LogP contribution in [0.3, 0.4) is 0 Å². The summed E-state index contributed by atoms with van der Waals surface area (Å²) in [6, 6.07) is 2.48. The Hall–Kier alpha value is -0.870. The monoisotopic (exact) mass is 267 g/mol. The third kappa shape index (κ3) is 3.37. The minimum absolute atomic E-state index is 0.106. The molecule has 1 unspecified atom stereocenters. The molecule has 4 nitrogen and oxygen atoms in total. The number of hydrogen-bond acceptors (Lipinski definition) is 3. The minimum Gasteiger partial charge on any atom is -0.377 e. The molecule has 0 bridgehead atoms. The zero-order valence-corrected chi connectivity index (χ0v) is 13.3. The SMILES string of the molecule is CCn1nc(C)cc1CC(NC)C(CC)(CC)OC. The summed E-state index contributed by atoms with van der Waals surface area (Å²) in [6.45, 7) is 9.48. The Balaban J connectivity index is 2.97. The molecular weight excluding hydrogens is 238 g/mol. The van der Waals surface area contributed by atoms with Crippen molar-refractivity contribution in [2.24, 2.45) is 0 Å². The quantitative estimate of drug-likeness (QED) is 0.787. The lowest BCUT2D eigenvalue weighted by molar-refractivity contribution is -0.0458. The zero-order valence-electron chi connectivity index (χ0n) is 13.3. The van der Waals surface area contributed by atoms with E-state index in [1.54, 1.807) is 0 Å². The molecule has 110 valence electrons. The molecule has 0 saturated heterocycles. The maximum absolute atomic E-state index is 5.85. The maximum Gasteiger partial charge on any atom is 0.0829 e. The van der Waals surface area contributed by atoms with E-state index in [2.05, 4.69) is 41.9 Å². The molecule has 0 aromatic carbocycles. The van der Waals surface area contributed by atoms with E-state index < -0.39 is 0 Å². The van der Waals surface area contributed by atoms with Crippen LogP contribution in [0.1, 0.15) is 45.0 Å². The number of ether oxygens (including phenoxy) is 1. The molecular formula is C15H29N3O. The minimum atomic E-state index is -0.106. The predicted molar refractivity (Wildman–Crippen MR) is 79.5 cm³/mol. The number of methoxy groups -OCH3 is 1. The molecule has 0 amide bonds. The molecule has 1 aromatic rings. The number of nitrogens with zero attached hydrogens (tertiary/aromatic N) is 2. The largest absolute Gasteiger partial charge is 0.377 e. The molecule has 0 spiro atoms. The summed E-state index contributed by atoms with van der Waals surface area (Å²) in [5.41, 5.74) is 2.26. The van der Waals surface area contributed by atoms with E-state index in [4.69, 9.17) is 4.74 Å². The first-order valence-corrected chi connectivity index (χ1v) is 7.32. The molecule has 4 heteroatoms. The molecule has 0 aliphatic rings. The van der Waals surface area contributed by atoms with E-state index in [1.165, 1.54) is 5.69 Å². The lowest BCUT2D eigenvalue weighted by Gasteiger charge is -2.38. The second-order valence-corrected chi connectivity index (χ2v) is 5.11. The van der Waals surface area contributed by atoms with Crippen molar-refractivity contribution in [3.63, 3.8) is 0 Å². The topological polar surface area (TPSA) is 39.1 Å². The molecule has 1 heterocycles. The normalized spacial score (nSPS) is 13.8. The number of aromatic nitrogens is 2. The third-order valence-corrected chi connectivity index (χ3v) is 4.29. The summed E-state index contributed by atoms with van der Waals surface area (Å²) in [5, 5.41) is 7.96. The number of hydrogen-bond donors (Lipinski definition) is 1. The molecule has 19 heavy (non-hydrogen) atoms. The van der Waals surface area contributed by atoms with E-state index in [0.717, 1.165) is 31.5 Å². The predicted octanol–water partition coefficient (Wildman–Crippen LogP) is 2.55. The second-order valence-electron chi connectivity index (χ2n) is 5.11. The lowest BCUT2D eigenvalue weighted by atomic mass is 9.85. The first kappa shape index (κ1) is 16.2. The van der Waals surface area contributed by atoms with Gasteiger partial charge in [0, 0.05) is 31.8 Å². The average Bonchev–Trinajstić information content (AvgIpc) is 2.79. The Morgan fingerprint density at radius 1 is 1.37 bits per heavy atom. The van der Waals surface area contributed by atoms with Crippen molar-refractivity contribution in [1.29, 1.82) is 0 Å². The lowest BCUT2D eigenvalue weighted by Crippen LogP contribution is -2.51. The Kier molecular flexibility index (Phi) is 6.01. The van der Waals surface area contributed by atoms with Gasteiger partial charge in [-0.2, -0.15) is 5.10 Å². The number of likely N-dealkylation sites (N-methyl/N-ethyl adjacent to an activating group) is 1. The Morgan fingerprint density at radius 2 is 2.00 bits per heavy atom. The summed E-state index contributed by atoms with van der Waals surface area (Å²) in [5.74, 6) is 0. The highest BCUT2D eigenvalue weighted by molar-refractivity contribution is 5.12.